The Bertz CT molecular complexity index is 1090. The van der Waals surface area contributed by atoms with E-state index >= 15 is 0 Å². The van der Waals surface area contributed by atoms with Crippen LogP contribution in [0.15, 0.2) is 34.9 Å². The molecule has 1 saturated heterocycles. The van der Waals surface area contributed by atoms with Crippen molar-refractivity contribution in [1.29, 1.82) is 0 Å². The van der Waals surface area contributed by atoms with Gasteiger partial charge in [-0.1, -0.05) is 35.0 Å². The molecule has 162 valence electrons. The highest BCUT2D eigenvalue weighted by atomic mass is 16.5. The van der Waals surface area contributed by atoms with Gasteiger partial charge in [0.1, 0.15) is 0 Å². The van der Waals surface area contributed by atoms with Crippen molar-refractivity contribution in [3.05, 3.63) is 70.1 Å². The minimum atomic E-state index is 0.00558. The first-order chi connectivity index (χ1) is 14.9. The number of hydrogen-bond donors (Lipinski definition) is 0. The molecule has 1 amide bonds. The molecule has 7 nitrogen and oxygen atoms in total. The van der Waals surface area contributed by atoms with Crippen molar-refractivity contribution >= 4 is 12.0 Å². The number of amides is 1. The van der Waals surface area contributed by atoms with Gasteiger partial charge in [0, 0.05) is 30.4 Å². The molecule has 1 aromatic carbocycles. The number of rotatable bonds is 5. The molecule has 1 aliphatic rings. The van der Waals surface area contributed by atoms with Gasteiger partial charge in [-0.3, -0.25) is 9.48 Å². The molecule has 0 aliphatic carbocycles. The van der Waals surface area contributed by atoms with Gasteiger partial charge in [0.15, 0.2) is 5.82 Å². The van der Waals surface area contributed by atoms with Crippen LogP contribution < -0.4 is 0 Å². The maximum absolute atomic E-state index is 12.9. The van der Waals surface area contributed by atoms with E-state index in [9.17, 15) is 4.79 Å². The monoisotopic (exact) mass is 419 g/mol. The third-order valence-electron chi connectivity index (χ3n) is 5.91. The maximum Gasteiger partial charge on any atom is 0.246 e. The normalized spacial score (nSPS) is 16.9. The molecule has 0 N–H and O–H groups in total. The standard InChI is InChI=1S/C24H29N5O2/c1-16-7-9-20(10-8-16)14-29-18(3)22(17(2)26-29)11-12-23(30)28-13-5-6-21(15-28)24-25-19(4)27-31-24/h7-12,21H,5-6,13-15H2,1-4H3/b12-11+. The average molecular weight is 420 g/mol. The fraction of sp³-hybridized carbons (Fsp3) is 0.417. The lowest BCUT2D eigenvalue weighted by Crippen LogP contribution is -2.38. The fourth-order valence-corrected chi connectivity index (χ4v) is 4.09. The molecule has 31 heavy (non-hydrogen) atoms. The molecule has 0 radical (unpaired) electrons. The van der Waals surface area contributed by atoms with E-state index in [0.717, 1.165) is 36.3 Å². The maximum atomic E-state index is 12.9. The second kappa shape index (κ2) is 8.88. The Labute approximate surface area is 182 Å². The van der Waals surface area contributed by atoms with Crippen molar-refractivity contribution in [3.63, 3.8) is 0 Å². The zero-order chi connectivity index (χ0) is 22.0. The Morgan fingerprint density at radius 1 is 1.19 bits per heavy atom. The molecule has 2 aromatic heterocycles. The SMILES string of the molecule is Cc1ccc(Cn2nc(C)c(/C=C/C(=O)N3CCCC(c4nc(C)no4)C3)c2C)cc1. The smallest absolute Gasteiger partial charge is 0.246 e. The number of carbonyl (C=O) groups is 1. The summed E-state index contributed by atoms with van der Waals surface area (Å²) >= 11 is 0. The van der Waals surface area contributed by atoms with E-state index in [4.69, 9.17) is 4.52 Å². The summed E-state index contributed by atoms with van der Waals surface area (Å²) in [4.78, 5) is 19.1. The van der Waals surface area contributed by atoms with Crippen LogP contribution in [-0.2, 0) is 11.3 Å². The van der Waals surface area contributed by atoms with E-state index in [2.05, 4.69) is 46.4 Å². The molecule has 0 bridgehead atoms. The lowest BCUT2D eigenvalue weighted by atomic mass is 9.98. The van der Waals surface area contributed by atoms with Crippen molar-refractivity contribution in [1.82, 2.24) is 24.8 Å². The van der Waals surface area contributed by atoms with E-state index in [-0.39, 0.29) is 11.8 Å². The summed E-state index contributed by atoms with van der Waals surface area (Å²) in [6.45, 7) is 10.00. The first kappa shape index (κ1) is 21.0. The summed E-state index contributed by atoms with van der Waals surface area (Å²) in [7, 11) is 0. The Morgan fingerprint density at radius 2 is 1.97 bits per heavy atom. The molecular formula is C24H29N5O2. The van der Waals surface area contributed by atoms with E-state index in [0.29, 0.717) is 24.8 Å². The zero-order valence-corrected chi connectivity index (χ0v) is 18.6. The van der Waals surface area contributed by atoms with Gasteiger partial charge in [-0.2, -0.15) is 10.1 Å². The Kier molecular flexibility index (Phi) is 6.02. The highest BCUT2D eigenvalue weighted by Gasteiger charge is 2.27. The number of benzene rings is 1. The summed E-state index contributed by atoms with van der Waals surface area (Å²) in [5.41, 5.74) is 5.43. The number of piperidine rings is 1. The van der Waals surface area contributed by atoms with Crippen molar-refractivity contribution in [2.45, 2.75) is 53.0 Å². The van der Waals surface area contributed by atoms with Crippen LogP contribution in [-0.4, -0.2) is 43.8 Å². The van der Waals surface area contributed by atoms with Crippen LogP contribution in [0.3, 0.4) is 0 Å². The van der Waals surface area contributed by atoms with Crippen LogP contribution in [0.4, 0.5) is 0 Å². The van der Waals surface area contributed by atoms with Gasteiger partial charge in [-0.15, -0.1) is 0 Å². The van der Waals surface area contributed by atoms with E-state index in [1.54, 1.807) is 6.08 Å². The van der Waals surface area contributed by atoms with Crippen LogP contribution in [0.2, 0.25) is 0 Å². The lowest BCUT2D eigenvalue weighted by molar-refractivity contribution is -0.127. The number of aryl methyl sites for hydroxylation is 3. The number of nitrogens with zero attached hydrogens (tertiary/aromatic N) is 5. The molecule has 3 heterocycles. The molecule has 0 spiro atoms. The lowest BCUT2D eigenvalue weighted by Gasteiger charge is -2.30. The van der Waals surface area contributed by atoms with Gasteiger partial charge < -0.3 is 9.42 Å². The molecule has 1 fully saturated rings. The van der Waals surface area contributed by atoms with Gasteiger partial charge in [0.2, 0.25) is 11.8 Å². The summed E-state index contributed by atoms with van der Waals surface area (Å²) in [5.74, 6) is 1.37. The minimum absolute atomic E-state index is 0.00558. The first-order valence-corrected chi connectivity index (χ1v) is 10.8. The predicted molar refractivity (Wildman–Crippen MR) is 119 cm³/mol. The Hall–Kier alpha value is -3.22. The van der Waals surface area contributed by atoms with Gasteiger partial charge in [-0.25, -0.2) is 0 Å². The Balaban J connectivity index is 1.44. The molecule has 7 heteroatoms. The third-order valence-corrected chi connectivity index (χ3v) is 5.91. The minimum Gasteiger partial charge on any atom is -0.339 e. The number of hydrogen-bond acceptors (Lipinski definition) is 5. The number of likely N-dealkylation sites (tertiary alicyclic amines) is 1. The van der Waals surface area contributed by atoms with Gasteiger partial charge in [0.05, 0.1) is 18.2 Å². The summed E-state index contributed by atoms with van der Waals surface area (Å²) in [5, 5.41) is 8.57. The van der Waals surface area contributed by atoms with E-state index in [1.165, 1.54) is 11.1 Å². The van der Waals surface area contributed by atoms with Crippen LogP contribution in [0, 0.1) is 27.7 Å². The average Bonchev–Trinajstić information content (AvgIpc) is 3.31. The zero-order valence-electron chi connectivity index (χ0n) is 18.6. The van der Waals surface area contributed by atoms with Crippen molar-refractivity contribution in [3.8, 4) is 0 Å². The number of carbonyl (C=O) groups excluding carboxylic acids is 1. The highest BCUT2D eigenvalue weighted by Crippen LogP contribution is 2.26. The highest BCUT2D eigenvalue weighted by molar-refractivity contribution is 5.92. The van der Waals surface area contributed by atoms with Gasteiger partial charge in [-0.05, 0) is 52.2 Å². The molecular weight excluding hydrogens is 390 g/mol. The second-order valence-electron chi connectivity index (χ2n) is 8.36. The van der Waals surface area contributed by atoms with Gasteiger partial charge in [0.25, 0.3) is 0 Å². The Morgan fingerprint density at radius 3 is 2.68 bits per heavy atom. The van der Waals surface area contributed by atoms with Crippen molar-refractivity contribution < 1.29 is 9.32 Å². The third kappa shape index (κ3) is 4.76. The number of aromatic nitrogens is 4. The van der Waals surface area contributed by atoms with Crippen LogP contribution in [0.1, 0.15) is 58.6 Å². The summed E-state index contributed by atoms with van der Waals surface area (Å²) in [6.07, 6.45) is 5.44. The predicted octanol–water partition coefficient (Wildman–Crippen LogP) is 3.97. The van der Waals surface area contributed by atoms with Gasteiger partial charge >= 0.3 is 0 Å². The van der Waals surface area contributed by atoms with Crippen molar-refractivity contribution in [2.75, 3.05) is 13.1 Å². The molecule has 4 rings (SSSR count). The first-order valence-electron chi connectivity index (χ1n) is 10.8. The van der Waals surface area contributed by atoms with Crippen LogP contribution >= 0.6 is 0 Å². The topological polar surface area (TPSA) is 77.1 Å². The van der Waals surface area contributed by atoms with E-state index in [1.807, 2.05) is 36.4 Å². The molecule has 3 aromatic rings. The molecule has 1 aliphatic heterocycles. The van der Waals surface area contributed by atoms with E-state index < -0.39 is 0 Å². The van der Waals surface area contributed by atoms with Crippen LogP contribution in [0.5, 0.6) is 0 Å². The molecule has 0 saturated carbocycles. The fourth-order valence-electron chi connectivity index (χ4n) is 4.09. The van der Waals surface area contributed by atoms with Crippen molar-refractivity contribution in [2.24, 2.45) is 0 Å². The summed E-state index contributed by atoms with van der Waals surface area (Å²) < 4.78 is 7.32. The second-order valence-corrected chi connectivity index (χ2v) is 8.36. The van der Waals surface area contributed by atoms with Crippen LogP contribution in [0.25, 0.3) is 6.08 Å². The summed E-state index contributed by atoms with van der Waals surface area (Å²) in [6, 6.07) is 8.48. The molecule has 1 unspecified atom stereocenters. The largest absolute Gasteiger partial charge is 0.339 e. The molecule has 1 atom stereocenters. The quantitative estimate of drug-likeness (QED) is 0.585.